The average Bonchev–Trinajstić information content (AvgIpc) is 1.84. The predicted molar refractivity (Wildman–Crippen MR) is 43.7 cm³/mol. The van der Waals surface area contributed by atoms with Crippen molar-refractivity contribution in [1.29, 1.82) is 0 Å². The standard InChI is InChI=1S/C9H15N/c1-4-8(2)10-9(3)6-5-7-9/h10H,1,5-7H2,2-3H3. The molecule has 0 unspecified atom stereocenters. The van der Waals surface area contributed by atoms with Gasteiger partial charge in [-0.1, -0.05) is 6.58 Å². The molecule has 0 aromatic carbocycles. The predicted octanol–water partition coefficient (Wildman–Crippen LogP) is 2.21. The summed E-state index contributed by atoms with van der Waals surface area (Å²) in [6.07, 6.45) is 3.92. The number of rotatable bonds is 2. The maximum absolute atomic E-state index is 3.58. The fraction of sp³-hybridized carbons (Fsp3) is 0.667. The van der Waals surface area contributed by atoms with E-state index >= 15 is 0 Å². The first-order valence-corrected chi connectivity index (χ1v) is 3.81. The third-order valence-corrected chi connectivity index (χ3v) is 2.21. The zero-order valence-corrected chi connectivity index (χ0v) is 6.83. The first-order valence-electron chi connectivity index (χ1n) is 3.81. The van der Waals surface area contributed by atoms with Gasteiger partial charge in [-0.2, -0.15) is 0 Å². The van der Waals surface area contributed by atoms with Gasteiger partial charge >= 0.3 is 0 Å². The smallest absolute Gasteiger partial charge is 0.0504 e. The maximum atomic E-state index is 3.58. The summed E-state index contributed by atoms with van der Waals surface area (Å²) in [5.41, 5.74) is 4.27. The molecule has 0 saturated heterocycles. The first kappa shape index (κ1) is 7.43. The number of hydrogen-bond acceptors (Lipinski definition) is 1. The minimum absolute atomic E-state index is 0.356. The highest BCUT2D eigenvalue weighted by atomic mass is 15.0. The van der Waals surface area contributed by atoms with Crippen LogP contribution < -0.4 is 5.32 Å². The molecule has 0 radical (unpaired) electrons. The van der Waals surface area contributed by atoms with Gasteiger partial charge in [0.25, 0.3) is 0 Å². The Bertz CT molecular complexity index is 171. The van der Waals surface area contributed by atoms with Crippen LogP contribution >= 0.6 is 0 Å². The van der Waals surface area contributed by atoms with Gasteiger partial charge in [0.2, 0.25) is 0 Å². The van der Waals surface area contributed by atoms with Gasteiger partial charge in [0, 0.05) is 5.54 Å². The van der Waals surface area contributed by atoms with Crippen LogP contribution in [-0.4, -0.2) is 5.54 Å². The topological polar surface area (TPSA) is 12.0 Å². The van der Waals surface area contributed by atoms with Crippen molar-refractivity contribution in [3.05, 3.63) is 18.0 Å². The molecule has 0 aromatic heterocycles. The highest BCUT2D eigenvalue weighted by molar-refractivity contribution is 5.02. The molecule has 10 heavy (non-hydrogen) atoms. The third-order valence-electron chi connectivity index (χ3n) is 2.21. The second-order valence-electron chi connectivity index (χ2n) is 3.34. The van der Waals surface area contributed by atoms with Crippen LogP contribution in [0.3, 0.4) is 0 Å². The van der Waals surface area contributed by atoms with Gasteiger partial charge in [-0.25, -0.2) is 0 Å². The van der Waals surface area contributed by atoms with E-state index in [2.05, 4.69) is 24.6 Å². The van der Waals surface area contributed by atoms with Crippen molar-refractivity contribution in [3.8, 4) is 0 Å². The molecule has 1 fully saturated rings. The molecule has 0 atom stereocenters. The molecule has 0 bridgehead atoms. The first-order chi connectivity index (χ1) is 4.66. The highest BCUT2D eigenvalue weighted by Crippen LogP contribution is 2.31. The minimum atomic E-state index is 0.356. The van der Waals surface area contributed by atoms with E-state index in [0.29, 0.717) is 5.54 Å². The fourth-order valence-electron chi connectivity index (χ4n) is 1.33. The van der Waals surface area contributed by atoms with Gasteiger partial charge in [0.1, 0.15) is 0 Å². The lowest BCUT2D eigenvalue weighted by molar-refractivity contribution is 0.228. The molecule has 1 rings (SSSR count). The number of allylic oxidation sites excluding steroid dienone is 1. The van der Waals surface area contributed by atoms with E-state index in [1.165, 1.54) is 19.3 Å². The van der Waals surface area contributed by atoms with Crippen LogP contribution in [0, 0.1) is 0 Å². The molecule has 56 valence electrons. The molecule has 1 N–H and O–H groups in total. The van der Waals surface area contributed by atoms with Crippen LogP contribution in [0.15, 0.2) is 18.0 Å². The van der Waals surface area contributed by atoms with Gasteiger partial charge in [0.05, 0.1) is 5.70 Å². The van der Waals surface area contributed by atoms with E-state index in [0.717, 1.165) is 5.70 Å². The van der Waals surface area contributed by atoms with Crippen molar-refractivity contribution in [2.24, 2.45) is 0 Å². The number of nitrogens with one attached hydrogen (secondary N) is 1. The van der Waals surface area contributed by atoms with Crippen molar-refractivity contribution in [2.75, 3.05) is 0 Å². The summed E-state index contributed by atoms with van der Waals surface area (Å²) in [6, 6.07) is 0. The Labute approximate surface area is 62.8 Å². The monoisotopic (exact) mass is 137 g/mol. The fourth-order valence-corrected chi connectivity index (χ4v) is 1.33. The lowest BCUT2D eigenvalue weighted by atomic mass is 9.78. The van der Waals surface area contributed by atoms with Crippen molar-refractivity contribution in [3.63, 3.8) is 0 Å². The molecule has 0 aromatic rings. The molecule has 1 nitrogen and oxygen atoms in total. The summed E-state index contributed by atoms with van der Waals surface area (Å²) in [7, 11) is 0. The van der Waals surface area contributed by atoms with Crippen molar-refractivity contribution in [1.82, 2.24) is 5.32 Å². The summed E-state index contributed by atoms with van der Waals surface area (Å²) in [5.74, 6) is 0. The molecule has 1 heteroatoms. The number of hydrogen-bond donors (Lipinski definition) is 1. The van der Waals surface area contributed by atoms with E-state index in [1.807, 2.05) is 6.92 Å². The Morgan fingerprint density at radius 2 is 2.20 bits per heavy atom. The Morgan fingerprint density at radius 3 is 2.50 bits per heavy atom. The Kier molecular flexibility index (Phi) is 1.87. The van der Waals surface area contributed by atoms with Gasteiger partial charge in [-0.15, -0.1) is 5.73 Å². The molecular formula is C9H15N. The largest absolute Gasteiger partial charge is 0.377 e. The summed E-state index contributed by atoms with van der Waals surface area (Å²) in [6.45, 7) is 7.84. The molecular weight excluding hydrogens is 122 g/mol. The molecule has 1 saturated carbocycles. The maximum Gasteiger partial charge on any atom is 0.0504 e. The third kappa shape index (κ3) is 1.43. The van der Waals surface area contributed by atoms with E-state index in [4.69, 9.17) is 0 Å². The second-order valence-corrected chi connectivity index (χ2v) is 3.34. The molecule has 1 aliphatic rings. The van der Waals surface area contributed by atoms with Crippen molar-refractivity contribution < 1.29 is 0 Å². The summed E-state index contributed by atoms with van der Waals surface area (Å²) >= 11 is 0. The van der Waals surface area contributed by atoms with Crippen LogP contribution in [0.4, 0.5) is 0 Å². The van der Waals surface area contributed by atoms with E-state index in [1.54, 1.807) is 0 Å². The van der Waals surface area contributed by atoms with Crippen molar-refractivity contribution >= 4 is 0 Å². The zero-order valence-electron chi connectivity index (χ0n) is 6.83. The highest BCUT2D eigenvalue weighted by Gasteiger charge is 2.30. The van der Waals surface area contributed by atoms with Crippen LogP contribution in [0.1, 0.15) is 33.1 Å². The van der Waals surface area contributed by atoms with Crippen LogP contribution in [0.2, 0.25) is 0 Å². The summed E-state index contributed by atoms with van der Waals surface area (Å²) < 4.78 is 0. The summed E-state index contributed by atoms with van der Waals surface area (Å²) in [4.78, 5) is 0. The average molecular weight is 137 g/mol. The Morgan fingerprint density at radius 1 is 1.60 bits per heavy atom. The normalized spacial score (nSPS) is 20.6. The minimum Gasteiger partial charge on any atom is -0.377 e. The van der Waals surface area contributed by atoms with Crippen molar-refractivity contribution in [2.45, 2.75) is 38.6 Å². The van der Waals surface area contributed by atoms with Crippen LogP contribution in [-0.2, 0) is 0 Å². The molecule has 0 spiro atoms. The van der Waals surface area contributed by atoms with E-state index in [9.17, 15) is 0 Å². The molecule has 1 aliphatic carbocycles. The van der Waals surface area contributed by atoms with E-state index in [-0.39, 0.29) is 0 Å². The second kappa shape index (κ2) is 2.51. The molecule has 0 amide bonds. The summed E-state index contributed by atoms with van der Waals surface area (Å²) in [5, 5.41) is 3.39. The lowest BCUT2D eigenvalue weighted by Crippen LogP contribution is -2.46. The quantitative estimate of drug-likeness (QED) is 0.575. The van der Waals surface area contributed by atoms with Gasteiger partial charge in [-0.05, 0) is 33.1 Å². The molecule has 0 heterocycles. The Hall–Kier alpha value is -0.680. The van der Waals surface area contributed by atoms with Crippen LogP contribution in [0.5, 0.6) is 0 Å². The van der Waals surface area contributed by atoms with Gasteiger partial charge in [-0.3, -0.25) is 0 Å². The lowest BCUT2D eigenvalue weighted by Gasteiger charge is -2.39. The zero-order chi connectivity index (χ0) is 7.61. The van der Waals surface area contributed by atoms with E-state index < -0.39 is 0 Å². The Balaban J connectivity index is 2.44. The molecule has 0 aliphatic heterocycles. The van der Waals surface area contributed by atoms with Crippen LogP contribution in [0.25, 0.3) is 0 Å². The SMILES string of the molecule is C=C=C(C)NC1(C)CCC1. The van der Waals surface area contributed by atoms with Gasteiger partial charge in [0.15, 0.2) is 0 Å². The van der Waals surface area contributed by atoms with Gasteiger partial charge < -0.3 is 5.32 Å².